The smallest absolute Gasteiger partial charge is 0.152 e. The van der Waals surface area contributed by atoms with E-state index in [1.165, 1.54) is 0 Å². The van der Waals surface area contributed by atoms with Gasteiger partial charge in [-0.25, -0.2) is 9.97 Å². The summed E-state index contributed by atoms with van der Waals surface area (Å²) in [5.41, 5.74) is 2.38. The van der Waals surface area contributed by atoms with E-state index in [9.17, 15) is 4.79 Å². The van der Waals surface area contributed by atoms with Gasteiger partial charge in [0.15, 0.2) is 6.29 Å². The third kappa shape index (κ3) is 1.71. The van der Waals surface area contributed by atoms with Crippen molar-refractivity contribution in [1.82, 2.24) is 15.0 Å². The van der Waals surface area contributed by atoms with Gasteiger partial charge in [0.2, 0.25) is 0 Å². The van der Waals surface area contributed by atoms with Crippen LogP contribution in [0.3, 0.4) is 0 Å². The largest absolute Gasteiger partial charge is 0.345 e. The molecular formula is C12H15N3O. The Bertz CT molecular complexity index is 516. The molecule has 0 saturated carbocycles. The van der Waals surface area contributed by atoms with Crippen LogP contribution in [-0.2, 0) is 12.8 Å². The number of nitrogens with zero attached hydrogens (tertiary/aromatic N) is 2. The minimum absolute atomic E-state index is 0.648. The monoisotopic (exact) mass is 217 g/mol. The molecule has 0 fully saturated rings. The third-order valence-electron chi connectivity index (χ3n) is 2.62. The number of fused-ring (bicyclic) bond motifs is 1. The lowest BCUT2D eigenvalue weighted by Gasteiger charge is -2.03. The number of aldehydes is 1. The molecule has 0 unspecified atom stereocenters. The molecule has 1 N–H and O–H groups in total. The van der Waals surface area contributed by atoms with Crippen molar-refractivity contribution in [2.75, 3.05) is 0 Å². The number of carbonyl (C=O) groups is 1. The normalized spacial score (nSPS) is 10.9. The van der Waals surface area contributed by atoms with Crippen LogP contribution in [0.4, 0.5) is 0 Å². The van der Waals surface area contributed by atoms with E-state index in [1.54, 1.807) is 6.20 Å². The van der Waals surface area contributed by atoms with Crippen LogP contribution in [0.25, 0.3) is 11.0 Å². The molecule has 2 aromatic rings. The van der Waals surface area contributed by atoms with Crippen LogP contribution in [0.1, 0.15) is 42.1 Å². The Labute approximate surface area is 94.1 Å². The maximum Gasteiger partial charge on any atom is 0.152 e. The van der Waals surface area contributed by atoms with Crippen LogP contribution in [0.5, 0.6) is 0 Å². The Morgan fingerprint density at radius 1 is 1.38 bits per heavy atom. The predicted octanol–water partition coefficient (Wildman–Crippen LogP) is 2.29. The fourth-order valence-electron chi connectivity index (χ4n) is 1.87. The second-order valence-corrected chi connectivity index (χ2v) is 3.78. The Kier molecular flexibility index (Phi) is 2.99. The minimum atomic E-state index is 0.648. The molecule has 0 spiro atoms. The van der Waals surface area contributed by atoms with Crippen molar-refractivity contribution < 1.29 is 4.79 Å². The fourth-order valence-corrected chi connectivity index (χ4v) is 1.87. The van der Waals surface area contributed by atoms with Crippen LogP contribution in [-0.4, -0.2) is 21.2 Å². The molecule has 0 aromatic carbocycles. The second kappa shape index (κ2) is 4.43. The standard InChI is InChI=1S/C12H15N3O/c1-3-5-10-14-9(4-2)11-8(7-16)6-13-12(11)15-10/h6-7H,3-5H2,1-2H3,(H,13,14,15). The molecule has 2 heterocycles. The van der Waals surface area contributed by atoms with Crippen LogP contribution in [0.2, 0.25) is 0 Å². The van der Waals surface area contributed by atoms with E-state index in [0.29, 0.717) is 5.56 Å². The maximum absolute atomic E-state index is 10.9. The second-order valence-electron chi connectivity index (χ2n) is 3.78. The molecule has 4 heteroatoms. The Morgan fingerprint density at radius 3 is 2.81 bits per heavy atom. The van der Waals surface area contributed by atoms with Crippen molar-refractivity contribution in [3.8, 4) is 0 Å². The lowest BCUT2D eigenvalue weighted by molar-refractivity contribution is 0.112. The van der Waals surface area contributed by atoms with E-state index in [2.05, 4.69) is 21.9 Å². The van der Waals surface area contributed by atoms with Crippen LogP contribution < -0.4 is 0 Å². The summed E-state index contributed by atoms with van der Waals surface area (Å²) in [7, 11) is 0. The van der Waals surface area contributed by atoms with Gasteiger partial charge in [0, 0.05) is 18.2 Å². The first-order valence-corrected chi connectivity index (χ1v) is 5.62. The van der Waals surface area contributed by atoms with Gasteiger partial charge in [-0.2, -0.15) is 0 Å². The van der Waals surface area contributed by atoms with Gasteiger partial charge < -0.3 is 4.98 Å². The number of rotatable bonds is 4. The molecule has 2 rings (SSSR count). The van der Waals surface area contributed by atoms with E-state index in [0.717, 1.165) is 48.1 Å². The molecule has 0 aliphatic carbocycles. The summed E-state index contributed by atoms with van der Waals surface area (Å²) in [6, 6.07) is 0. The van der Waals surface area contributed by atoms with E-state index < -0.39 is 0 Å². The number of aromatic nitrogens is 3. The first-order chi connectivity index (χ1) is 7.80. The quantitative estimate of drug-likeness (QED) is 0.799. The van der Waals surface area contributed by atoms with E-state index in [1.807, 2.05) is 6.92 Å². The third-order valence-corrected chi connectivity index (χ3v) is 2.62. The number of nitrogens with one attached hydrogen (secondary N) is 1. The molecule has 0 radical (unpaired) electrons. The zero-order valence-corrected chi connectivity index (χ0v) is 9.58. The molecular weight excluding hydrogens is 202 g/mol. The first-order valence-electron chi connectivity index (χ1n) is 5.62. The van der Waals surface area contributed by atoms with Crippen molar-refractivity contribution in [2.45, 2.75) is 33.1 Å². The molecule has 0 bridgehead atoms. The summed E-state index contributed by atoms with van der Waals surface area (Å²) in [6.45, 7) is 4.14. The summed E-state index contributed by atoms with van der Waals surface area (Å²) < 4.78 is 0. The number of aromatic amines is 1. The van der Waals surface area contributed by atoms with Crippen molar-refractivity contribution in [3.63, 3.8) is 0 Å². The van der Waals surface area contributed by atoms with Crippen molar-refractivity contribution >= 4 is 17.3 Å². The molecule has 0 aliphatic heterocycles. The SMILES string of the molecule is CCCc1nc(CC)c2c(C=O)c[nH]c2n1. The molecule has 2 aromatic heterocycles. The predicted molar refractivity (Wildman–Crippen MR) is 62.6 cm³/mol. The summed E-state index contributed by atoms with van der Waals surface area (Å²) in [5, 5.41) is 0.873. The average Bonchev–Trinajstić information content (AvgIpc) is 2.71. The number of hydrogen-bond donors (Lipinski definition) is 1. The summed E-state index contributed by atoms with van der Waals surface area (Å²) >= 11 is 0. The van der Waals surface area contributed by atoms with Crippen LogP contribution in [0.15, 0.2) is 6.20 Å². The van der Waals surface area contributed by atoms with Crippen molar-refractivity contribution in [1.29, 1.82) is 0 Å². The molecule has 84 valence electrons. The van der Waals surface area contributed by atoms with Gasteiger partial charge in [-0.15, -0.1) is 0 Å². The average molecular weight is 217 g/mol. The molecule has 0 amide bonds. The van der Waals surface area contributed by atoms with E-state index in [4.69, 9.17) is 0 Å². The molecule has 0 aliphatic rings. The lowest BCUT2D eigenvalue weighted by atomic mass is 10.1. The molecule has 0 atom stereocenters. The van der Waals surface area contributed by atoms with E-state index in [-0.39, 0.29) is 0 Å². The molecule has 0 saturated heterocycles. The summed E-state index contributed by atoms with van der Waals surface area (Å²) in [4.78, 5) is 22.8. The zero-order chi connectivity index (χ0) is 11.5. The Balaban J connectivity index is 2.65. The lowest BCUT2D eigenvalue weighted by Crippen LogP contribution is -2.00. The highest BCUT2D eigenvalue weighted by atomic mass is 16.1. The van der Waals surface area contributed by atoms with Gasteiger partial charge in [0.25, 0.3) is 0 Å². The summed E-state index contributed by atoms with van der Waals surface area (Å²) in [5.74, 6) is 0.853. The summed E-state index contributed by atoms with van der Waals surface area (Å²) in [6.07, 6.45) is 5.25. The van der Waals surface area contributed by atoms with Gasteiger partial charge in [-0.1, -0.05) is 13.8 Å². The highest BCUT2D eigenvalue weighted by Gasteiger charge is 2.11. The van der Waals surface area contributed by atoms with Gasteiger partial charge in [-0.3, -0.25) is 4.79 Å². The number of aryl methyl sites for hydroxylation is 2. The van der Waals surface area contributed by atoms with Gasteiger partial charge in [-0.05, 0) is 12.8 Å². The zero-order valence-electron chi connectivity index (χ0n) is 9.58. The maximum atomic E-state index is 10.9. The number of hydrogen-bond acceptors (Lipinski definition) is 3. The van der Waals surface area contributed by atoms with Crippen molar-refractivity contribution in [2.24, 2.45) is 0 Å². The fraction of sp³-hybridized carbons (Fsp3) is 0.417. The highest BCUT2D eigenvalue weighted by Crippen LogP contribution is 2.19. The molecule has 4 nitrogen and oxygen atoms in total. The Hall–Kier alpha value is -1.71. The number of carbonyl (C=O) groups excluding carboxylic acids is 1. The number of H-pyrrole nitrogens is 1. The topological polar surface area (TPSA) is 58.6 Å². The van der Waals surface area contributed by atoms with Crippen LogP contribution >= 0.6 is 0 Å². The molecule has 16 heavy (non-hydrogen) atoms. The van der Waals surface area contributed by atoms with Crippen molar-refractivity contribution in [3.05, 3.63) is 23.3 Å². The van der Waals surface area contributed by atoms with Crippen LogP contribution in [0, 0.1) is 0 Å². The van der Waals surface area contributed by atoms with Gasteiger partial charge >= 0.3 is 0 Å². The first kappa shape index (κ1) is 10.8. The van der Waals surface area contributed by atoms with Gasteiger partial charge in [0.1, 0.15) is 11.5 Å². The van der Waals surface area contributed by atoms with Gasteiger partial charge in [0.05, 0.1) is 11.1 Å². The van der Waals surface area contributed by atoms with E-state index >= 15 is 0 Å². The minimum Gasteiger partial charge on any atom is -0.345 e. The Morgan fingerprint density at radius 2 is 2.19 bits per heavy atom. The highest BCUT2D eigenvalue weighted by molar-refractivity contribution is 5.97.